The third kappa shape index (κ3) is 3.89. The number of nitrogens with one attached hydrogen (secondary N) is 2. The first-order valence-electron chi connectivity index (χ1n) is 11.2. The van der Waals surface area contributed by atoms with E-state index in [1.54, 1.807) is 0 Å². The van der Waals surface area contributed by atoms with Crippen molar-refractivity contribution >= 4 is 33.6 Å². The molecule has 7 nitrogen and oxygen atoms in total. The van der Waals surface area contributed by atoms with E-state index >= 15 is 0 Å². The number of nitrogens with zero attached hydrogens (tertiary/aromatic N) is 2. The summed E-state index contributed by atoms with van der Waals surface area (Å²) in [5.41, 5.74) is 2.72. The number of fused-ring (bicyclic) bond motifs is 2. The van der Waals surface area contributed by atoms with E-state index in [0.717, 1.165) is 21.8 Å². The van der Waals surface area contributed by atoms with Gasteiger partial charge in [-0.15, -0.1) is 0 Å². The molecule has 33 heavy (non-hydrogen) atoms. The number of benzene rings is 2. The molecule has 1 fully saturated rings. The van der Waals surface area contributed by atoms with Crippen LogP contribution in [0.25, 0.3) is 21.8 Å². The molecule has 0 bridgehead atoms. The maximum Gasteiger partial charge on any atom is 0.252 e. The Hall–Kier alpha value is -3.58. The van der Waals surface area contributed by atoms with Crippen LogP contribution in [0.4, 0.5) is 0 Å². The van der Waals surface area contributed by atoms with Crippen LogP contribution in [0.2, 0.25) is 0 Å². The van der Waals surface area contributed by atoms with E-state index in [2.05, 4.69) is 10.6 Å². The first-order chi connectivity index (χ1) is 16.0. The van der Waals surface area contributed by atoms with Gasteiger partial charge in [0.05, 0.1) is 5.54 Å². The van der Waals surface area contributed by atoms with Gasteiger partial charge >= 0.3 is 0 Å². The molecule has 0 saturated carbocycles. The predicted octanol–water partition coefficient (Wildman–Crippen LogP) is 3.38. The highest BCUT2D eigenvalue weighted by molar-refractivity contribution is 6.07. The summed E-state index contributed by atoms with van der Waals surface area (Å²) in [5, 5.41) is 8.17. The van der Waals surface area contributed by atoms with Crippen molar-refractivity contribution in [3.8, 4) is 0 Å². The second-order valence-electron chi connectivity index (χ2n) is 8.86. The van der Waals surface area contributed by atoms with Crippen molar-refractivity contribution in [1.82, 2.24) is 19.8 Å². The average molecular weight is 445 g/mol. The molecule has 1 saturated heterocycles. The lowest BCUT2D eigenvalue weighted by atomic mass is 9.89. The lowest BCUT2D eigenvalue weighted by Crippen LogP contribution is -2.58. The maximum atomic E-state index is 13.4. The minimum atomic E-state index is -0.563. The average Bonchev–Trinajstić information content (AvgIpc) is 3.41. The molecule has 0 aliphatic carbocycles. The Bertz CT molecular complexity index is 1340. The molecule has 0 atom stereocenters. The Morgan fingerprint density at radius 1 is 0.848 bits per heavy atom. The summed E-state index contributed by atoms with van der Waals surface area (Å²) < 4.78 is 9.56. The summed E-state index contributed by atoms with van der Waals surface area (Å²) in [4.78, 5) is 26.5. The Morgan fingerprint density at radius 3 is 1.97 bits per heavy atom. The highest BCUT2D eigenvalue weighted by atomic mass is 16.5. The number of ether oxygens (including phenoxy) is 1. The molecular formula is C26H28N4O3. The van der Waals surface area contributed by atoms with Gasteiger partial charge in [-0.25, -0.2) is 0 Å². The van der Waals surface area contributed by atoms with Crippen molar-refractivity contribution in [2.24, 2.45) is 14.1 Å². The molecule has 170 valence electrons. The quantitative estimate of drug-likeness (QED) is 0.495. The first kappa shape index (κ1) is 21.3. The molecule has 2 aromatic heterocycles. The lowest BCUT2D eigenvalue weighted by Gasteiger charge is -2.38. The van der Waals surface area contributed by atoms with Gasteiger partial charge in [-0.2, -0.15) is 0 Å². The van der Waals surface area contributed by atoms with Crippen LogP contribution in [0.15, 0.2) is 60.9 Å². The Labute approximate surface area is 192 Å². The van der Waals surface area contributed by atoms with Crippen LogP contribution in [0, 0.1) is 0 Å². The van der Waals surface area contributed by atoms with Crippen LogP contribution in [0.5, 0.6) is 0 Å². The Morgan fingerprint density at radius 2 is 1.39 bits per heavy atom. The zero-order valence-corrected chi connectivity index (χ0v) is 18.9. The molecule has 5 rings (SSSR count). The van der Waals surface area contributed by atoms with E-state index in [9.17, 15) is 9.59 Å². The van der Waals surface area contributed by atoms with Gasteiger partial charge in [0.25, 0.3) is 11.8 Å². The number of aromatic nitrogens is 2. The number of carbonyl (C=O) groups excluding carboxylic acids is 2. The molecule has 0 unspecified atom stereocenters. The van der Waals surface area contributed by atoms with Crippen LogP contribution >= 0.6 is 0 Å². The van der Waals surface area contributed by atoms with Crippen molar-refractivity contribution in [2.75, 3.05) is 19.8 Å². The number of amides is 2. The third-order valence-corrected chi connectivity index (χ3v) is 6.76. The Balaban J connectivity index is 1.37. The topological polar surface area (TPSA) is 77.3 Å². The van der Waals surface area contributed by atoms with Gasteiger partial charge < -0.3 is 24.5 Å². The number of hydrogen-bond acceptors (Lipinski definition) is 3. The summed E-state index contributed by atoms with van der Waals surface area (Å²) in [6.07, 6.45) is 5.18. The minimum absolute atomic E-state index is 0.131. The van der Waals surface area contributed by atoms with E-state index < -0.39 is 5.54 Å². The van der Waals surface area contributed by atoms with Gasteiger partial charge in [0.1, 0.15) is 0 Å². The van der Waals surface area contributed by atoms with Gasteiger partial charge in [0, 0.05) is 79.2 Å². The SMILES string of the molecule is Cn1ccc2c(C(=O)NCC3(NC(=O)c4cccc5c4ccn5C)CCOCC3)cccc21. The predicted molar refractivity (Wildman–Crippen MR) is 128 cm³/mol. The van der Waals surface area contributed by atoms with Gasteiger partial charge in [0.15, 0.2) is 0 Å². The third-order valence-electron chi connectivity index (χ3n) is 6.76. The molecule has 0 radical (unpaired) electrons. The molecule has 2 aromatic carbocycles. The van der Waals surface area contributed by atoms with E-state index in [-0.39, 0.29) is 11.8 Å². The van der Waals surface area contributed by atoms with Gasteiger partial charge in [-0.1, -0.05) is 12.1 Å². The molecule has 2 amide bonds. The molecule has 1 aliphatic heterocycles. The largest absolute Gasteiger partial charge is 0.381 e. The van der Waals surface area contributed by atoms with Crippen molar-refractivity contribution in [3.63, 3.8) is 0 Å². The highest BCUT2D eigenvalue weighted by Gasteiger charge is 2.35. The van der Waals surface area contributed by atoms with Crippen LogP contribution in [-0.4, -0.2) is 46.2 Å². The molecule has 0 spiro atoms. The smallest absolute Gasteiger partial charge is 0.252 e. The van der Waals surface area contributed by atoms with Gasteiger partial charge in [-0.05, 0) is 49.2 Å². The number of rotatable bonds is 5. The summed E-state index contributed by atoms with van der Waals surface area (Å²) in [6, 6.07) is 15.4. The van der Waals surface area contributed by atoms with Crippen molar-refractivity contribution in [1.29, 1.82) is 0 Å². The molecule has 2 N–H and O–H groups in total. The van der Waals surface area contributed by atoms with Crippen molar-refractivity contribution in [3.05, 3.63) is 72.1 Å². The molecule has 1 aliphatic rings. The number of carbonyl (C=O) groups is 2. The molecule has 7 heteroatoms. The summed E-state index contributed by atoms with van der Waals surface area (Å²) in [5.74, 6) is -0.273. The Kier molecular flexibility index (Phi) is 5.42. The highest BCUT2D eigenvalue weighted by Crippen LogP contribution is 2.25. The summed E-state index contributed by atoms with van der Waals surface area (Å²) in [7, 11) is 3.93. The fraction of sp³-hybridized carbons (Fsp3) is 0.308. The standard InChI is InChI=1S/C26H28N4O3/c1-29-13-9-18-20(5-3-7-22(18)29)24(31)27-17-26(11-15-33-16-12-26)28-25(32)21-6-4-8-23-19(21)10-14-30(23)2/h3-10,13-14H,11-12,15-17H2,1-2H3,(H,27,31)(H,28,32). The van der Waals surface area contributed by atoms with Gasteiger partial charge in [-0.3, -0.25) is 9.59 Å². The maximum absolute atomic E-state index is 13.4. The summed E-state index contributed by atoms with van der Waals surface area (Å²) in [6.45, 7) is 1.43. The number of hydrogen-bond donors (Lipinski definition) is 2. The normalized spacial score (nSPS) is 15.6. The number of aryl methyl sites for hydroxylation is 2. The fourth-order valence-corrected chi connectivity index (χ4v) is 4.76. The van der Waals surface area contributed by atoms with E-state index in [1.807, 2.05) is 84.2 Å². The zero-order chi connectivity index (χ0) is 23.0. The van der Waals surface area contributed by atoms with E-state index in [0.29, 0.717) is 43.7 Å². The minimum Gasteiger partial charge on any atom is -0.381 e. The second-order valence-corrected chi connectivity index (χ2v) is 8.86. The summed E-state index contributed by atoms with van der Waals surface area (Å²) >= 11 is 0. The van der Waals surface area contributed by atoms with Crippen LogP contribution < -0.4 is 10.6 Å². The zero-order valence-electron chi connectivity index (χ0n) is 18.9. The van der Waals surface area contributed by atoms with Crippen molar-refractivity contribution < 1.29 is 14.3 Å². The van der Waals surface area contributed by atoms with E-state index in [1.165, 1.54) is 0 Å². The van der Waals surface area contributed by atoms with Crippen LogP contribution in [-0.2, 0) is 18.8 Å². The molecule has 3 heterocycles. The molecule has 4 aromatic rings. The first-order valence-corrected chi connectivity index (χ1v) is 11.2. The van der Waals surface area contributed by atoms with Gasteiger partial charge in [0.2, 0.25) is 0 Å². The van der Waals surface area contributed by atoms with Crippen LogP contribution in [0.3, 0.4) is 0 Å². The second kappa shape index (κ2) is 8.41. The van der Waals surface area contributed by atoms with Crippen molar-refractivity contribution in [2.45, 2.75) is 18.4 Å². The van der Waals surface area contributed by atoms with E-state index in [4.69, 9.17) is 4.74 Å². The monoisotopic (exact) mass is 444 g/mol. The van der Waals surface area contributed by atoms with Crippen LogP contribution in [0.1, 0.15) is 33.6 Å². The fourth-order valence-electron chi connectivity index (χ4n) is 4.76. The lowest BCUT2D eigenvalue weighted by molar-refractivity contribution is 0.0353. The molecular weight excluding hydrogens is 416 g/mol.